The Morgan fingerprint density at radius 2 is 1.79 bits per heavy atom. The highest BCUT2D eigenvalue weighted by Crippen LogP contribution is 2.41. The summed E-state index contributed by atoms with van der Waals surface area (Å²) in [7, 11) is 0. The normalized spacial score (nSPS) is 39.2. The van der Waals surface area contributed by atoms with Crippen molar-refractivity contribution in [1.82, 2.24) is 0 Å². The molecule has 0 radical (unpaired) electrons. The zero-order valence-electron chi connectivity index (χ0n) is 9.43. The van der Waals surface area contributed by atoms with Crippen LogP contribution >= 0.6 is 0 Å². The van der Waals surface area contributed by atoms with Gasteiger partial charge in [0.1, 0.15) is 0 Å². The molecule has 2 aliphatic rings. The van der Waals surface area contributed by atoms with Crippen LogP contribution in [0.15, 0.2) is 11.1 Å². The largest absolute Gasteiger partial charge is 0.352 e. The summed E-state index contributed by atoms with van der Waals surface area (Å²) in [6.45, 7) is 8.21. The van der Waals surface area contributed by atoms with Gasteiger partial charge in [0.2, 0.25) is 0 Å². The van der Waals surface area contributed by atoms with E-state index in [4.69, 9.17) is 9.47 Å². The second-order valence-electron chi connectivity index (χ2n) is 4.93. The van der Waals surface area contributed by atoms with Gasteiger partial charge in [0.05, 0.1) is 13.2 Å². The quantitative estimate of drug-likeness (QED) is 0.555. The van der Waals surface area contributed by atoms with E-state index in [1.165, 1.54) is 18.4 Å². The van der Waals surface area contributed by atoms with Crippen molar-refractivity contribution in [3.05, 3.63) is 11.1 Å². The molecule has 0 aromatic carbocycles. The molecule has 0 unspecified atom stereocenters. The summed E-state index contributed by atoms with van der Waals surface area (Å²) in [6.07, 6.45) is 3.59. The molecule has 1 aliphatic heterocycles. The van der Waals surface area contributed by atoms with Crippen LogP contribution in [0, 0.1) is 5.41 Å². The Hall–Kier alpha value is -0.340. The van der Waals surface area contributed by atoms with Gasteiger partial charge in [0.15, 0.2) is 6.29 Å². The Labute approximate surface area is 86.3 Å². The lowest BCUT2D eigenvalue weighted by atomic mass is 9.73. The smallest absolute Gasteiger partial charge is 0.154 e. The molecule has 2 heteroatoms. The number of hydrogen-bond donors (Lipinski definition) is 0. The highest BCUT2D eigenvalue weighted by Gasteiger charge is 2.37. The van der Waals surface area contributed by atoms with Crippen molar-refractivity contribution >= 4 is 0 Å². The zero-order valence-corrected chi connectivity index (χ0v) is 9.43. The van der Waals surface area contributed by atoms with Crippen LogP contribution in [0.3, 0.4) is 0 Å². The van der Waals surface area contributed by atoms with Crippen LogP contribution < -0.4 is 0 Å². The lowest BCUT2D eigenvalue weighted by Gasteiger charge is -2.42. The molecule has 0 amide bonds. The molecule has 1 heterocycles. The molecule has 1 aliphatic carbocycles. The average Bonchev–Trinajstić information content (AvgIpc) is 2.18. The van der Waals surface area contributed by atoms with E-state index in [-0.39, 0.29) is 11.7 Å². The van der Waals surface area contributed by atoms with Gasteiger partial charge in [-0.25, -0.2) is 0 Å². The number of allylic oxidation sites excluding steroid dienone is 2. The third-order valence-corrected chi connectivity index (χ3v) is 3.65. The van der Waals surface area contributed by atoms with Gasteiger partial charge in [0, 0.05) is 5.41 Å². The van der Waals surface area contributed by atoms with Gasteiger partial charge in [-0.1, -0.05) is 11.1 Å². The van der Waals surface area contributed by atoms with E-state index in [1.54, 1.807) is 5.57 Å². The Kier molecular flexibility index (Phi) is 2.67. The van der Waals surface area contributed by atoms with E-state index >= 15 is 0 Å². The fraction of sp³-hybridized carbons (Fsp3) is 0.833. The molecule has 14 heavy (non-hydrogen) atoms. The summed E-state index contributed by atoms with van der Waals surface area (Å²) >= 11 is 0. The third kappa shape index (κ3) is 1.86. The van der Waals surface area contributed by atoms with E-state index in [9.17, 15) is 0 Å². The highest BCUT2D eigenvalue weighted by atomic mass is 16.7. The molecule has 0 aromatic rings. The fourth-order valence-electron chi connectivity index (χ4n) is 2.39. The Morgan fingerprint density at radius 1 is 1.14 bits per heavy atom. The second-order valence-corrected chi connectivity index (χ2v) is 4.93. The van der Waals surface area contributed by atoms with Crippen LogP contribution in [-0.2, 0) is 9.47 Å². The van der Waals surface area contributed by atoms with Gasteiger partial charge in [0.25, 0.3) is 0 Å². The number of hydrogen-bond acceptors (Lipinski definition) is 2. The van der Waals surface area contributed by atoms with Gasteiger partial charge in [-0.3, -0.25) is 0 Å². The van der Waals surface area contributed by atoms with Crippen molar-refractivity contribution in [2.45, 2.75) is 46.3 Å². The van der Waals surface area contributed by atoms with E-state index in [1.807, 2.05) is 6.92 Å². The molecule has 0 aromatic heterocycles. The molecule has 1 fully saturated rings. The van der Waals surface area contributed by atoms with Crippen molar-refractivity contribution in [1.29, 1.82) is 0 Å². The first-order valence-corrected chi connectivity index (χ1v) is 5.50. The predicted molar refractivity (Wildman–Crippen MR) is 56.0 cm³/mol. The molecule has 2 nitrogen and oxygen atoms in total. The zero-order chi connectivity index (χ0) is 10.2. The van der Waals surface area contributed by atoms with Gasteiger partial charge < -0.3 is 9.47 Å². The molecule has 0 atom stereocenters. The van der Waals surface area contributed by atoms with Crippen molar-refractivity contribution < 1.29 is 9.47 Å². The Morgan fingerprint density at radius 3 is 2.36 bits per heavy atom. The van der Waals surface area contributed by atoms with E-state index in [0.29, 0.717) is 0 Å². The maximum absolute atomic E-state index is 5.61. The van der Waals surface area contributed by atoms with Gasteiger partial charge in [-0.2, -0.15) is 0 Å². The lowest BCUT2D eigenvalue weighted by Crippen LogP contribution is -2.42. The summed E-state index contributed by atoms with van der Waals surface area (Å²) in [5.74, 6) is 0. The molecular weight excluding hydrogens is 176 g/mol. The maximum Gasteiger partial charge on any atom is 0.154 e. The van der Waals surface area contributed by atoms with Crippen LogP contribution in [0.5, 0.6) is 0 Å². The molecule has 0 bridgehead atoms. The van der Waals surface area contributed by atoms with Gasteiger partial charge in [-0.15, -0.1) is 0 Å². The third-order valence-electron chi connectivity index (χ3n) is 3.65. The van der Waals surface area contributed by atoms with Gasteiger partial charge in [-0.05, 0) is 40.0 Å². The molecular formula is C12H20O2. The van der Waals surface area contributed by atoms with Crippen LogP contribution in [0.4, 0.5) is 0 Å². The Balaban J connectivity index is 2.05. The van der Waals surface area contributed by atoms with Crippen LogP contribution in [-0.4, -0.2) is 19.5 Å². The lowest BCUT2D eigenvalue weighted by molar-refractivity contribution is -0.223. The first-order valence-electron chi connectivity index (χ1n) is 5.50. The molecule has 2 rings (SSSR count). The molecule has 1 spiro atoms. The van der Waals surface area contributed by atoms with Crippen LogP contribution in [0.1, 0.15) is 40.0 Å². The molecule has 0 N–H and O–H groups in total. The monoisotopic (exact) mass is 196 g/mol. The second kappa shape index (κ2) is 3.67. The van der Waals surface area contributed by atoms with E-state index in [2.05, 4.69) is 13.8 Å². The van der Waals surface area contributed by atoms with Crippen molar-refractivity contribution in [3.63, 3.8) is 0 Å². The Bertz CT molecular complexity index is 247. The van der Waals surface area contributed by atoms with E-state index in [0.717, 1.165) is 19.6 Å². The van der Waals surface area contributed by atoms with Crippen LogP contribution in [0.2, 0.25) is 0 Å². The first kappa shape index (κ1) is 10.2. The van der Waals surface area contributed by atoms with Crippen molar-refractivity contribution in [3.8, 4) is 0 Å². The minimum Gasteiger partial charge on any atom is -0.352 e. The maximum atomic E-state index is 5.61. The number of rotatable bonds is 0. The summed E-state index contributed by atoms with van der Waals surface area (Å²) in [6, 6.07) is 0. The summed E-state index contributed by atoms with van der Waals surface area (Å²) in [5.41, 5.74) is 3.39. The predicted octanol–water partition coefficient (Wildman–Crippen LogP) is 2.89. The number of ether oxygens (including phenoxy) is 2. The molecule has 1 saturated heterocycles. The topological polar surface area (TPSA) is 18.5 Å². The molecule has 80 valence electrons. The molecule has 0 saturated carbocycles. The van der Waals surface area contributed by atoms with Crippen molar-refractivity contribution in [2.24, 2.45) is 5.41 Å². The SMILES string of the molecule is CC1=C(C)CC2(CC1)COC(C)OC2. The summed E-state index contributed by atoms with van der Waals surface area (Å²) in [5, 5.41) is 0. The summed E-state index contributed by atoms with van der Waals surface area (Å²) < 4.78 is 11.2. The minimum absolute atomic E-state index is 0.00654. The van der Waals surface area contributed by atoms with Gasteiger partial charge >= 0.3 is 0 Å². The minimum atomic E-state index is -0.00654. The summed E-state index contributed by atoms with van der Waals surface area (Å²) in [4.78, 5) is 0. The van der Waals surface area contributed by atoms with E-state index < -0.39 is 0 Å². The first-order chi connectivity index (χ1) is 6.61. The van der Waals surface area contributed by atoms with Crippen molar-refractivity contribution in [2.75, 3.05) is 13.2 Å². The van der Waals surface area contributed by atoms with Crippen LogP contribution in [0.25, 0.3) is 0 Å². The highest BCUT2D eigenvalue weighted by molar-refractivity contribution is 5.16. The standard InChI is InChI=1S/C12H20O2/c1-9-4-5-12(6-10(9)2)7-13-11(3)14-8-12/h11H,4-8H2,1-3H3. The fourth-order valence-corrected chi connectivity index (χ4v) is 2.39. The average molecular weight is 196 g/mol.